The van der Waals surface area contributed by atoms with E-state index in [1.54, 1.807) is 24.3 Å². The number of carbonyl (C=O) groups excluding carboxylic acids is 2. The molecule has 0 aliphatic carbocycles. The quantitative estimate of drug-likeness (QED) is 0.0411. The predicted molar refractivity (Wildman–Crippen MR) is 292 cm³/mol. The first-order valence-electron chi connectivity index (χ1n) is 23.0. The second-order valence-electron chi connectivity index (χ2n) is 20.7. The van der Waals surface area contributed by atoms with Crippen molar-refractivity contribution in [3.63, 3.8) is 0 Å². The minimum atomic E-state index is -3.32. The zero-order chi connectivity index (χ0) is 52.7. The average Bonchev–Trinajstić information content (AvgIpc) is 3.23. The highest BCUT2D eigenvalue weighted by Gasteiger charge is 2.26. The number of aryl methyl sites for hydroxylation is 2. The number of carbonyl (C=O) groups is 2. The van der Waals surface area contributed by atoms with Crippen LogP contribution in [0.2, 0.25) is 0 Å². The van der Waals surface area contributed by atoms with Crippen molar-refractivity contribution in [2.75, 3.05) is 35.2 Å². The molecule has 70 heavy (non-hydrogen) atoms. The molecule has 2 atom stereocenters. The molecule has 14 nitrogen and oxygen atoms in total. The van der Waals surface area contributed by atoms with Crippen LogP contribution in [0.5, 0.6) is 0 Å². The first-order valence-corrected chi connectivity index (χ1v) is 27.6. The molecule has 0 aliphatic rings. The molecule has 0 spiro atoms. The maximum atomic E-state index is 12.3. The second kappa shape index (κ2) is 25.7. The van der Waals surface area contributed by atoms with Gasteiger partial charge >= 0.3 is 11.9 Å². The van der Waals surface area contributed by atoms with Gasteiger partial charge in [-0.25, -0.2) is 16.8 Å². The molecule has 4 aromatic carbocycles. The van der Waals surface area contributed by atoms with Gasteiger partial charge in [-0.3, -0.25) is 19.0 Å². The van der Waals surface area contributed by atoms with Gasteiger partial charge in [0.15, 0.2) is 10.2 Å². The smallest absolute Gasteiger partial charge is 0.311 e. The van der Waals surface area contributed by atoms with Crippen LogP contribution in [-0.4, -0.2) is 76.8 Å². The fraction of sp³-hybridized carbons (Fsp3) is 0.462. The Morgan fingerprint density at radius 3 is 1.23 bits per heavy atom. The first kappa shape index (κ1) is 59.0. The topological polar surface area (TPSA) is 193 Å². The summed E-state index contributed by atoms with van der Waals surface area (Å²) in [5.41, 5.74) is 7.71. The van der Waals surface area contributed by atoms with E-state index in [2.05, 4.69) is 108 Å². The summed E-state index contributed by atoms with van der Waals surface area (Å²) in [4.78, 5) is 24.6. The molecule has 4 aromatic rings. The lowest BCUT2D eigenvalue weighted by molar-refractivity contribution is -0.154. The van der Waals surface area contributed by atoms with Crippen molar-refractivity contribution in [3.8, 4) is 0 Å². The number of anilines is 2. The fourth-order valence-electron chi connectivity index (χ4n) is 6.38. The van der Waals surface area contributed by atoms with Gasteiger partial charge in [0.05, 0.1) is 35.4 Å². The summed E-state index contributed by atoms with van der Waals surface area (Å²) in [6.45, 7) is 22.9. The molecule has 6 N–H and O–H groups in total. The van der Waals surface area contributed by atoms with Crippen molar-refractivity contribution >= 4 is 78.0 Å². The molecular formula is C52H74N6O8S4. The van der Waals surface area contributed by atoms with Crippen molar-refractivity contribution in [3.05, 3.63) is 130 Å². The third-order valence-corrected chi connectivity index (χ3v) is 12.2. The number of hydrogen-bond acceptors (Lipinski definition) is 10. The van der Waals surface area contributed by atoms with Crippen LogP contribution >= 0.6 is 24.4 Å². The number of thiocarbonyl (C=S) groups is 2. The Labute approximate surface area is 428 Å². The molecule has 0 heterocycles. The molecule has 0 amide bonds. The van der Waals surface area contributed by atoms with Crippen LogP contribution < -0.4 is 30.7 Å². The standard InChI is InChI=1S/C27H39N3O4S2.C25H35N3O4S2/c1-26(2,3)21-12-8-19(9-13-21)16-23(18-34-24(31)27(4,5)6)29-25(35)28-17-20-10-14-22(15-11-20)30-36(7,32)33;1-17-7-8-20(13-18(17)2)14-22(16-32-23(29)25(3,4)5)27-24(33)26-15-19-9-11-21(12-10-19)28-34(6,30)31/h8-15,23,30H,16-18H2,1-7H3,(H2,28,29,35);7-13,22,28H,14-16H2,1-6H3,(H2,26,27,33). The SMILES string of the molecule is CC(C)(C)C(=O)OCC(Cc1ccc(C(C)(C)C)cc1)NC(=S)NCc1ccc(NS(C)(=O)=O)cc1.Cc1ccc(CC(COC(=O)C(C)(C)C)NC(=S)NCc2ccc(NS(C)(=O)=O)cc2)cc1C. The molecular weight excluding hydrogens is 965 g/mol. The van der Waals surface area contributed by atoms with Gasteiger partial charge in [-0.15, -0.1) is 0 Å². The number of nitrogens with one attached hydrogen (secondary N) is 6. The Hall–Kier alpha value is -5.30. The van der Waals surface area contributed by atoms with E-state index in [9.17, 15) is 26.4 Å². The lowest BCUT2D eigenvalue weighted by Crippen LogP contribution is -2.45. The predicted octanol–water partition coefficient (Wildman–Crippen LogP) is 8.36. The van der Waals surface area contributed by atoms with E-state index in [0.717, 1.165) is 34.8 Å². The van der Waals surface area contributed by atoms with Crippen molar-refractivity contribution < 1.29 is 35.9 Å². The van der Waals surface area contributed by atoms with Gasteiger partial charge in [-0.1, -0.05) is 87.5 Å². The van der Waals surface area contributed by atoms with E-state index in [-0.39, 0.29) is 42.7 Å². The molecule has 0 saturated heterocycles. The van der Waals surface area contributed by atoms with Gasteiger partial charge in [-0.05, 0) is 161 Å². The number of esters is 2. The van der Waals surface area contributed by atoms with E-state index in [0.29, 0.717) is 47.5 Å². The summed E-state index contributed by atoms with van der Waals surface area (Å²) in [5, 5.41) is 13.8. The van der Waals surface area contributed by atoms with Crippen LogP contribution in [-0.2, 0) is 70.5 Å². The molecule has 0 radical (unpaired) electrons. The Kier molecular flexibility index (Phi) is 21.7. The summed E-state index contributed by atoms with van der Waals surface area (Å²) in [7, 11) is -6.63. The maximum absolute atomic E-state index is 12.3. The number of sulfonamides is 2. The van der Waals surface area contributed by atoms with E-state index in [1.165, 1.54) is 16.7 Å². The van der Waals surface area contributed by atoms with Crippen molar-refractivity contribution in [1.29, 1.82) is 0 Å². The average molecular weight is 1040 g/mol. The highest BCUT2D eigenvalue weighted by molar-refractivity contribution is 7.92. The van der Waals surface area contributed by atoms with Gasteiger partial charge in [0.25, 0.3) is 0 Å². The Bertz CT molecular complexity index is 2600. The van der Waals surface area contributed by atoms with Crippen molar-refractivity contribution in [2.24, 2.45) is 10.8 Å². The zero-order valence-electron chi connectivity index (χ0n) is 43.0. The van der Waals surface area contributed by atoms with Crippen molar-refractivity contribution in [1.82, 2.24) is 21.3 Å². The van der Waals surface area contributed by atoms with Crippen LogP contribution in [0.15, 0.2) is 91.0 Å². The van der Waals surface area contributed by atoms with Crippen LogP contribution in [0.1, 0.15) is 101 Å². The number of rotatable bonds is 18. The van der Waals surface area contributed by atoms with E-state index in [4.69, 9.17) is 33.9 Å². The van der Waals surface area contributed by atoms with Crippen LogP contribution in [0.4, 0.5) is 11.4 Å². The molecule has 4 rings (SSSR count). The summed E-state index contributed by atoms with van der Waals surface area (Å²) < 4.78 is 61.4. The third kappa shape index (κ3) is 23.1. The van der Waals surface area contributed by atoms with Crippen LogP contribution in [0, 0.1) is 24.7 Å². The molecule has 384 valence electrons. The molecule has 0 fully saturated rings. The molecule has 2 unspecified atom stereocenters. The maximum Gasteiger partial charge on any atom is 0.311 e. The van der Waals surface area contributed by atoms with Gasteiger partial charge in [0, 0.05) is 24.5 Å². The van der Waals surface area contributed by atoms with E-state index >= 15 is 0 Å². The molecule has 0 aromatic heterocycles. The number of ether oxygens (including phenoxy) is 2. The summed E-state index contributed by atoms with van der Waals surface area (Å²) in [6.07, 6.45) is 3.50. The van der Waals surface area contributed by atoms with E-state index < -0.39 is 30.9 Å². The first-order chi connectivity index (χ1) is 32.3. The fourth-order valence-corrected chi connectivity index (χ4v) is 7.98. The van der Waals surface area contributed by atoms with Crippen LogP contribution in [0.25, 0.3) is 0 Å². The van der Waals surface area contributed by atoms with Gasteiger partial charge in [-0.2, -0.15) is 0 Å². The van der Waals surface area contributed by atoms with Gasteiger partial charge in [0.2, 0.25) is 20.0 Å². The zero-order valence-corrected chi connectivity index (χ0v) is 46.2. The normalized spacial score (nSPS) is 12.8. The van der Waals surface area contributed by atoms with Gasteiger partial charge < -0.3 is 30.7 Å². The van der Waals surface area contributed by atoms with Gasteiger partial charge in [0.1, 0.15) is 13.2 Å². The summed E-state index contributed by atoms with van der Waals surface area (Å²) in [6, 6.07) is 28.4. The van der Waals surface area contributed by atoms with Crippen LogP contribution in [0.3, 0.4) is 0 Å². The monoisotopic (exact) mass is 1040 g/mol. The third-order valence-electron chi connectivity index (χ3n) is 10.5. The minimum absolute atomic E-state index is 0.0724. The summed E-state index contributed by atoms with van der Waals surface area (Å²) >= 11 is 11.0. The molecule has 0 saturated carbocycles. The molecule has 18 heteroatoms. The highest BCUT2D eigenvalue weighted by atomic mass is 32.2. The Morgan fingerprint density at radius 2 is 0.886 bits per heavy atom. The van der Waals surface area contributed by atoms with E-state index in [1.807, 2.05) is 65.8 Å². The largest absolute Gasteiger partial charge is 0.463 e. The lowest BCUT2D eigenvalue weighted by Gasteiger charge is -2.24. The summed E-state index contributed by atoms with van der Waals surface area (Å²) in [5.74, 6) is -0.528. The molecule has 0 aliphatic heterocycles. The number of benzene rings is 4. The second-order valence-corrected chi connectivity index (χ2v) is 25.0. The van der Waals surface area contributed by atoms with Crippen molar-refractivity contribution in [2.45, 2.75) is 120 Å². The Morgan fingerprint density at radius 1 is 0.529 bits per heavy atom. The lowest BCUT2D eigenvalue weighted by atomic mass is 9.86. The highest BCUT2D eigenvalue weighted by Crippen LogP contribution is 2.23. The Balaban J connectivity index is 0.000000371. The number of hydrogen-bond donors (Lipinski definition) is 6. The minimum Gasteiger partial charge on any atom is -0.463 e. The molecule has 0 bridgehead atoms.